The Balaban J connectivity index is 0.00000387. The Labute approximate surface area is 258 Å². The maximum Gasteiger partial charge on any atom is 1.00 e. The van der Waals surface area contributed by atoms with Gasteiger partial charge < -0.3 is 24.7 Å². The van der Waals surface area contributed by atoms with E-state index in [9.17, 15) is 27.9 Å². The molecule has 41 heavy (non-hydrogen) atoms. The molecule has 0 bridgehead atoms. The topological polar surface area (TPSA) is 113 Å². The van der Waals surface area contributed by atoms with Crippen LogP contribution in [0.15, 0.2) is 72.8 Å². The smallest absolute Gasteiger partial charge is 0.549 e. The summed E-state index contributed by atoms with van der Waals surface area (Å²) in [5, 5.41) is 22.0. The number of aromatic nitrogens is 2. The van der Waals surface area contributed by atoms with Gasteiger partial charge in [0.25, 0.3) is 5.91 Å². The zero-order valence-corrected chi connectivity index (χ0v) is 24.1. The predicted molar refractivity (Wildman–Crippen MR) is 136 cm³/mol. The van der Waals surface area contributed by atoms with Gasteiger partial charge in [0.05, 0.1) is 22.9 Å². The molecule has 204 valence electrons. The van der Waals surface area contributed by atoms with Crippen molar-refractivity contribution in [2.45, 2.75) is 18.5 Å². The van der Waals surface area contributed by atoms with Crippen molar-refractivity contribution in [1.29, 1.82) is 0 Å². The Morgan fingerprint density at radius 2 is 1.78 bits per heavy atom. The normalized spacial score (nSPS) is 14.2. The number of nitrogens with one attached hydrogen (secondary N) is 1. The second-order valence-electron chi connectivity index (χ2n) is 8.79. The van der Waals surface area contributed by atoms with E-state index >= 15 is 0 Å². The van der Waals surface area contributed by atoms with E-state index in [4.69, 9.17) is 21.1 Å². The summed E-state index contributed by atoms with van der Waals surface area (Å²) in [4.78, 5) is 24.1. The molecule has 1 amide bonds. The molecule has 8 nitrogen and oxygen atoms in total. The molecular formula is C28H18ClF3N3NaO5. The van der Waals surface area contributed by atoms with Crippen LogP contribution in [-0.4, -0.2) is 28.7 Å². The van der Waals surface area contributed by atoms with Crippen molar-refractivity contribution in [3.8, 4) is 28.5 Å². The van der Waals surface area contributed by atoms with E-state index in [1.165, 1.54) is 60.7 Å². The van der Waals surface area contributed by atoms with Crippen molar-refractivity contribution in [3.05, 3.63) is 94.5 Å². The first-order chi connectivity index (χ1) is 19.1. The number of benzene rings is 3. The van der Waals surface area contributed by atoms with Crippen molar-refractivity contribution in [2.24, 2.45) is 0 Å². The third kappa shape index (κ3) is 6.99. The van der Waals surface area contributed by atoms with Crippen LogP contribution in [0.1, 0.15) is 33.8 Å². The number of anilines is 1. The molecule has 1 N–H and O–H groups in total. The first kappa shape index (κ1) is 30.3. The Kier molecular flexibility index (Phi) is 9.23. The molecule has 13 heteroatoms. The summed E-state index contributed by atoms with van der Waals surface area (Å²) in [5.74, 6) is -1.48. The van der Waals surface area contributed by atoms with Crippen LogP contribution < -0.4 is 49.5 Å². The minimum Gasteiger partial charge on any atom is -0.549 e. The van der Waals surface area contributed by atoms with Crippen molar-refractivity contribution in [3.63, 3.8) is 0 Å². The van der Waals surface area contributed by atoms with Crippen LogP contribution in [0, 0.1) is 0 Å². The number of carbonyl (C=O) groups excluding carboxylic acids is 2. The molecule has 0 spiro atoms. The zero-order chi connectivity index (χ0) is 28.4. The zero-order valence-electron chi connectivity index (χ0n) is 21.4. The van der Waals surface area contributed by atoms with Gasteiger partial charge in [-0.3, -0.25) is 4.79 Å². The van der Waals surface area contributed by atoms with Gasteiger partial charge in [-0.05, 0) is 61.0 Å². The van der Waals surface area contributed by atoms with Gasteiger partial charge in [-0.25, -0.2) is 0 Å². The summed E-state index contributed by atoms with van der Waals surface area (Å²) in [7, 11) is 0. The molecule has 4 aromatic rings. The molecule has 1 aromatic heterocycles. The number of rotatable bonds is 6. The van der Waals surface area contributed by atoms with Crippen molar-refractivity contribution in [2.75, 3.05) is 11.9 Å². The molecule has 1 atom stereocenters. The monoisotopic (exact) mass is 591 g/mol. The second-order valence-corrected chi connectivity index (χ2v) is 9.20. The molecule has 3 aromatic carbocycles. The summed E-state index contributed by atoms with van der Waals surface area (Å²) in [5.41, 5.74) is 0.338. The number of carboxylic acid groups (broad SMARTS) is 1. The van der Waals surface area contributed by atoms with E-state index in [1.807, 2.05) is 0 Å². The molecule has 1 aliphatic rings. The third-order valence-corrected chi connectivity index (χ3v) is 6.42. The molecule has 1 aliphatic heterocycles. The molecule has 0 radical (unpaired) electrons. The number of nitrogens with zero attached hydrogens (tertiary/aromatic N) is 2. The second kappa shape index (κ2) is 12.5. The number of carboxylic acids is 1. The van der Waals surface area contributed by atoms with Gasteiger partial charge in [-0.2, -0.15) is 13.2 Å². The van der Waals surface area contributed by atoms with Crippen LogP contribution in [0.25, 0.3) is 11.3 Å². The Morgan fingerprint density at radius 1 is 1.02 bits per heavy atom. The van der Waals surface area contributed by atoms with Gasteiger partial charge in [-0.1, -0.05) is 23.7 Å². The molecule has 2 heterocycles. The summed E-state index contributed by atoms with van der Waals surface area (Å²) in [6.07, 6.45) is -4.20. The number of fused-ring (bicyclic) bond motifs is 1. The first-order valence-corrected chi connectivity index (χ1v) is 12.2. The summed E-state index contributed by atoms with van der Waals surface area (Å²) >= 11 is 6.31. The summed E-state index contributed by atoms with van der Waals surface area (Å²) in [6, 6.07) is 16.7. The van der Waals surface area contributed by atoms with Crippen molar-refractivity contribution < 1.29 is 66.9 Å². The Morgan fingerprint density at radius 3 is 2.44 bits per heavy atom. The molecule has 5 rings (SSSR count). The first-order valence-electron chi connectivity index (χ1n) is 11.9. The van der Waals surface area contributed by atoms with Gasteiger partial charge in [0, 0.05) is 34.6 Å². The number of ether oxygens (including phenoxy) is 2. The number of halogens is 4. The van der Waals surface area contributed by atoms with Gasteiger partial charge in [-0.15, -0.1) is 10.2 Å². The fourth-order valence-corrected chi connectivity index (χ4v) is 4.32. The Hall–Kier alpha value is -3.64. The van der Waals surface area contributed by atoms with E-state index < -0.39 is 29.5 Å². The van der Waals surface area contributed by atoms with E-state index in [0.29, 0.717) is 17.1 Å². The van der Waals surface area contributed by atoms with Gasteiger partial charge in [0.2, 0.25) is 0 Å². The minimum atomic E-state index is -4.48. The number of aliphatic carboxylic acids is 1. The average molecular weight is 592 g/mol. The molecule has 0 aliphatic carbocycles. The molecule has 0 saturated carbocycles. The third-order valence-electron chi connectivity index (χ3n) is 6.12. The predicted octanol–water partition coefficient (Wildman–Crippen LogP) is 2.48. The number of hydrogen-bond donors (Lipinski definition) is 1. The maximum absolute atomic E-state index is 13.0. The average Bonchev–Trinajstić information content (AvgIpc) is 2.93. The van der Waals surface area contributed by atoms with Crippen LogP contribution in [0.2, 0.25) is 5.02 Å². The fraction of sp³-hybridized carbons (Fsp3) is 0.143. The molecule has 1 unspecified atom stereocenters. The maximum atomic E-state index is 13.0. The number of alkyl halides is 3. The van der Waals surface area contributed by atoms with Crippen LogP contribution in [0.4, 0.5) is 19.0 Å². The molecule has 0 saturated heterocycles. The van der Waals surface area contributed by atoms with Crippen LogP contribution in [0.3, 0.4) is 0 Å². The van der Waals surface area contributed by atoms with E-state index in [1.54, 1.807) is 0 Å². The van der Waals surface area contributed by atoms with Gasteiger partial charge in [0.15, 0.2) is 5.82 Å². The van der Waals surface area contributed by atoms with Gasteiger partial charge in [0.1, 0.15) is 17.2 Å². The van der Waals surface area contributed by atoms with Crippen LogP contribution in [0.5, 0.6) is 17.2 Å². The Bertz CT molecular complexity index is 1580. The largest absolute Gasteiger partial charge is 1.00 e. The van der Waals surface area contributed by atoms with E-state index in [2.05, 4.69) is 15.5 Å². The quantitative estimate of drug-likeness (QED) is 0.343. The molecule has 0 fully saturated rings. The van der Waals surface area contributed by atoms with Crippen LogP contribution >= 0.6 is 11.6 Å². The fourth-order valence-electron chi connectivity index (χ4n) is 4.11. The number of carbonyl (C=O) groups is 2. The van der Waals surface area contributed by atoms with Crippen molar-refractivity contribution in [1.82, 2.24) is 10.2 Å². The SMILES string of the molecule is O=C(Nc1ccc(-c2cccc(C(F)(F)F)c2)nn1)c1ccc(Oc2cc3c(cc2Cl)C(C(=O)[O-])CCO3)cc1.[Na+]. The molecular weight excluding hydrogens is 574 g/mol. The standard InChI is InChI=1S/C28H19ClF3N3O5.Na/c29-21-13-20-19(27(37)38)10-11-39-23(20)14-24(21)40-18-6-4-15(5-7-18)26(36)33-25-9-8-22(34-35-25)16-2-1-3-17(12-16)28(30,31)32;/h1-9,12-14,19H,10-11H2,(H,37,38)(H,33,35,36);/q;+1/p-1. The number of amides is 1. The summed E-state index contributed by atoms with van der Waals surface area (Å²) in [6.45, 7) is 0.217. The van der Waals surface area contributed by atoms with Crippen LogP contribution in [-0.2, 0) is 11.0 Å². The minimum absolute atomic E-state index is 0. The number of hydrogen-bond acceptors (Lipinski definition) is 7. The summed E-state index contributed by atoms with van der Waals surface area (Å²) < 4.78 is 50.3. The van der Waals surface area contributed by atoms with E-state index in [0.717, 1.165) is 12.1 Å². The van der Waals surface area contributed by atoms with Crippen molar-refractivity contribution >= 4 is 29.3 Å². The van der Waals surface area contributed by atoms with E-state index in [-0.39, 0.29) is 76.0 Å². The van der Waals surface area contributed by atoms with Gasteiger partial charge >= 0.3 is 35.7 Å².